The maximum Gasteiger partial charge on any atom is 0.212 e. The van der Waals surface area contributed by atoms with Gasteiger partial charge in [-0.15, -0.1) is 0 Å². The Bertz CT molecular complexity index is 497. The van der Waals surface area contributed by atoms with Crippen molar-refractivity contribution in [3.05, 3.63) is 53.6 Å². The normalized spacial score (nSPS) is 10.4. The van der Waals surface area contributed by atoms with Crippen molar-refractivity contribution in [3.8, 4) is 0 Å². The zero-order valence-corrected chi connectivity index (χ0v) is 9.47. The van der Waals surface area contributed by atoms with Crippen LogP contribution in [0.25, 0.3) is 0 Å². The predicted octanol–water partition coefficient (Wildman–Crippen LogP) is 2.21. The lowest BCUT2D eigenvalue weighted by Crippen LogP contribution is -2.01. The van der Waals surface area contributed by atoms with E-state index in [1.807, 2.05) is 31.3 Å². The molecule has 2 rings (SSSR count). The van der Waals surface area contributed by atoms with Crippen LogP contribution in [0.4, 0.5) is 0 Å². The smallest absolute Gasteiger partial charge is 0.212 e. The van der Waals surface area contributed by atoms with Crippen LogP contribution < -0.4 is 0 Å². The third-order valence-electron chi connectivity index (χ3n) is 2.56. The standard InChI is InChI=1S/C13H14N2O/c1-3-10-4-6-11(7-5-10)13(16)12-8-15(2)9-14-12/h4-9H,3H2,1-2H3. The number of aryl methyl sites for hydroxylation is 2. The largest absolute Gasteiger partial charge is 0.340 e. The minimum Gasteiger partial charge on any atom is -0.340 e. The van der Waals surface area contributed by atoms with E-state index in [0.29, 0.717) is 11.3 Å². The second kappa shape index (κ2) is 4.31. The molecule has 82 valence electrons. The molecule has 0 amide bonds. The first-order valence-electron chi connectivity index (χ1n) is 5.32. The fourth-order valence-corrected chi connectivity index (χ4v) is 1.57. The second-order valence-corrected chi connectivity index (χ2v) is 3.80. The van der Waals surface area contributed by atoms with Gasteiger partial charge in [0.2, 0.25) is 5.78 Å². The molecule has 0 fully saturated rings. The highest BCUT2D eigenvalue weighted by molar-refractivity contribution is 6.07. The molecule has 2 aromatic rings. The number of carbonyl (C=O) groups excluding carboxylic acids is 1. The minimum absolute atomic E-state index is 0.0248. The minimum atomic E-state index is -0.0248. The number of imidazole rings is 1. The van der Waals surface area contributed by atoms with Crippen LogP contribution in [0.15, 0.2) is 36.8 Å². The molecule has 0 unspecified atom stereocenters. The third-order valence-corrected chi connectivity index (χ3v) is 2.56. The van der Waals surface area contributed by atoms with Crippen molar-refractivity contribution in [2.24, 2.45) is 7.05 Å². The first-order chi connectivity index (χ1) is 7.70. The number of rotatable bonds is 3. The van der Waals surface area contributed by atoms with E-state index in [9.17, 15) is 4.79 Å². The van der Waals surface area contributed by atoms with Crippen LogP contribution in [0, 0.1) is 0 Å². The summed E-state index contributed by atoms with van der Waals surface area (Å²) in [6, 6.07) is 7.68. The Hall–Kier alpha value is -1.90. The Morgan fingerprint density at radius 3 is 2.50 bits per heavy atom. The summed E-state index contributed by atoms with van der Waals surface area (Å²) in [5.74, 6) is -0.0248. The molecule has 3 heteroatoms. The van der Waals surface area contributed by atoms with E-state index < -0.39 is 0 Å². The lowest BCUT2D eigenvalue weighted by atomic mass is 10.1. The number of nitrogens with zero attached hydrogens (tertiary/aromatic N) is 2. The molecule has 0 atom stereocenters. The highest BCUT2D eigenvalue weighted by atomic mass is 16.1. The summed E-state index contributed by atoms with van der Waals surface area (Å²) < 4.78 is 1.77. The maximum atomic E-state index is 12.0. The molecule has 16 heavy (non-hydrogen) atoms. The molecule has 0 aliphatic rings. The number of carbonyl (C=O) groups is 1. The molecule has 1 heterocycles. The fraction of sp³-hybridized carbons (Fsp3) is 0.231. The topological polar surface area (TPSA) is 34.9 Å². The fourth-order valence-electron chi connectivity index (χ4n) is 1.57. The summed E-state index contributed by atoms with van der Waals surface area (Å²) in [7, 11) is 1.85. The van der Waals surface area contributed by atoms with Gasteiger partial charge in [-0.05, 0) is 12.0 Å². The van der Waals surface area contributed by atoms with Gasteiger partial charge < -0.3 is 4.57 Å². The first-order valence-corrected chi connectivity index (χ1v) is 5.32. The zero-order chi connectivity index (χ0) is 11.5. The summed E-state index contributed by atoms with van der Waals surface area (Å²) in [5, 5.41) is 0. The Balaban J connectivity index is 2.27. The number of ketones is 1. The van der Waals surface area contributed by atoms with Crippen LogP contribution in [0.5, 0.6) is 0 Å². The maximum absolute atomic E-state index is 12.0. The van der Waals surface area contributed by atoms with Gasteiger partial charge in [0.05, 0.1) is 6.33 Å². The van der Waals surface area contributed by atoms with Crippen LogP contribution in [0.2, 0.25) is 0 Å². The molecular weight excluding hydrogens is 200 g/mol. The van der Waals surface area contributed by atoms with Crippen molar-refractivity contribution in [1.82, 2.24) is 9.55 Å². The van der Waals surface area contributed by atoms with Gasteiger partial charge in [-0.1, -0.05) is 31.2 Å². The molecule has 1 aromatic heterocycles. The van der Waals surface area contributed by atoms with Crippen molar-refractivity contribution < 1.29 is 4.79 Å². The molecule has 0 aliphatic heterocycles. The monoisotopic (exact) mass is 214 g/mol. The van der Waals surface area contributed by atoms with Gasteiger partial charge in [0, 0.05) is 18.8 Å². The van der Waals surface area contributed by atoms with Crippen LogP contribution in [0.3, 0.4) is 0 Å². The molecule has 0 spiro atoms. The lowest BCUT2D eigenvalue weighted by Gasteiger charge is -1.99. The second-order valence-electron chi connectivity index (χ2n) is 3.80. The SMILES string of the molecule is CCc1ccc(C(=O)c2cn(C)cn2)cc1. The molecule has 0 saturated heterocycles. The van der Waals surface area contributed by atoms with E-state index in [1.165, 1.54) is 5.56 Å². The Kier molecular flexibility index (Phi) is 2.86. The van der Waals surface area contributed by atoms with Crippen molar-refractivity contribution in [3.63, 3.8) is 0 Å². The van der Waals surface area contributed by atoms with Gasteiger partial charge in [0.15, 0.2) is 0 Å². The molecular formula is C13H14N2O. The first kappa shape index (κ1) is 10.6. The number of aromatic nitrogens is 2. The van der Waals surface area contributed by atoms with Gasteiger partial charge in [-0.3, -0.25) is 4.79 Å². The molecule has 1 aromatic carbocycles. The molecule has 0 saturated carbocycles. The van der Waals surface area contributed by atoms with Crippen molar-refractivity contribution >= 4 is 5.78 Å². The summed E-state index contributed by atoms with van der Waals surface area (Å²) in [5.41, 5.74) is 2.42. The third kappa shape index (κ3) is 2.03. The highest BCUT2D eigenvalue weighted by Gasteiger charge is 2.10. The Morgan fingerprint density at radius 1 is 1.31 bits per heavy atom. The molecule has 0 radical (unpaired) electrons. The van der Waals surface area contributed by atoms with Crippen LogP contribution in [-0.2, 0) is 13.5 Å². The molecule has 0 aliphatic carbocycles. The summed E-state index contributed by atoms with van der Waals surface area (Å²) in [6.45, 7) is 2.09. The summed E-state index contributed by atoms with van der Waals surface area (Å²) in [6.07, 6.45) is 4.35. The van der Waals surface area contributed by atoms with Crippen molar-refractivity contribution in [2.45, 2.75) is 13.3 Å². The van der Waals surface area contributed by atoms with E-state index in [1.54, 1.807) is 17.1 Å². The van der Waals surface area contributed by atoms with Crippen LogP contribution in [-0.4, -0.2) is 15.3 Å². The van der Waals surface area contributed by atoms with Crippen molar-refractivity contribution in [2.75, 3.05) is 0 Å². The number of benzene rings is 1. The summed E-state index contributed by atoms with van der Waals surface area (Å²) >= 11 is 0. The van der Waals surface area contributed by atoms with E-state index >= 15 is 0 Å². The van der Waals surface area contributed by atoms with Gasteiger partial charge in [-0.25, -0.2) is 4.98 Å². The zero-order valence-electron chi connectivity index (χ0n) is 9.47. The van der Waals surface area contributed by atoms with Crippen LogP contribution in [0.1, 0.15) is 28.5 Å². The van der Waals surface area contributed by atoms with Gasteiger partial charge in [0.25, 0.3) is 0 Å². The quantitative estimate of drug-likeness (QED) is 0.734. The van der Waals surface area contributed by atoms with Crippen molar-refractivity contribution in [1.29, 1.82) is 0 Å². The van der Waals surface area contributed by atoms with E-state index in [-0.39, 0.29) is 5.78 Å². The van der Waals surface area contributed by atoms with E-state index in [2.05, 4.69) is 11.9 Å². The predicted molar refractivity (Wildman–Crippen MR) is 62.5 cm³/mol. The van der Waals surface area contributed by atoms with Crippen LogP contribution >= 0.6 is 0 Å². The average molecular weight is 214 g/mol. The molecule has 3 nitrogen and oxygen atoms in total. The van der Waals surface area contributed by atoms with Gasteiger partial charge in [-0.2, -0.15) is 0 Å². The lowest BCUT2D eigenvalue weighted by molar-refractivity contribution is 0.103. The molecule has 0 bridgehead atoms. The molecule has 0 N–H and O–H groups in total. The number of hydrogen-bond donors (Lipinski definition) is 0. The van der Waals surface area contributed by atoms with E-state index in [0.717, 1.165) is 6.42 Å². The average Bonchev–Trinajstić information content (AvgIpc) is 2.75. The van der Waals surface area contributed by atoms with Gasteiger partial charge >= 0.3 is 0 Å². The number of hydrogen-bond acceptors (Lipinski definition) is 2. The Morgan fingerprint density at radius 2 is 2.00 bits per heavy atom. The Labute approximate surface area is 94.7 Å². The summed E-state index contributed by atoms with van der Waals surface area (Å²) in [4.78, 5) is 16.0. The van der Waals surface area contributed by atoms with Gasteiger partial charge in [0.1, 0.15) is 5.69 Å². The van der Waals surface area contributed by atoms with E-state index in [4.69, 9.17) is 0 Å². The highest BCUT2D eigenvalue weighted by Crippen LogP contribution is 2.09.